The monoisotopic (exact) mass is 366 g/mol. The lowest BCUT2D eigenvalue weighted by atomic mass is 10.1. The van der Waals surface area contributed by atoms with Gasteiger partial charge in [-0.3, -0.25) is 9.59 Å². The third-order valence-electron chi connectivity index (χ3n) is 4.34. The van der Waals surface area contributed by atoms with Crippen LogP contribution >= 0.6 is 11.8 Å². The van der Waals surface area contributed by atoms with Gasteiger partial charge in [-0.15, -0.1) is 11.8 Å². The van der Waals surface area contributed by atoms with E-state index >= 15 is 0 Å². The third kappa shape index (κ3) is 4.55. The molecule has 1 heterocycles. The molecule has 1 N–H and O–H groups in total. The molecule has 1 aliphatic heterocycles. The number of nitrogens with one attached hydrogen (secondary N) is 1. The summed E-state index contributed by atoms with van der Waals surface area (Å²) >= 11 is 1.60. The van der Waals surface area contributed by atoms with E-state index in [0.717, 1.165) is 11.1 Å². The Kier molecular flexibility index (Phi) is 6.12. The number of hydrogen-bond donors (Lipinski definition) is 1. The average molecular weight is 366 g/mol. The number of hydrogen-bond acceptors (Lipinski definition) is 3. The molecule has 2 amide bonds. The Morgan fingerprint density at radius 3 is 2.46 bits per heavy atom. The van der Waals surface area contributed by atoms with Crippen LogP contribution in [-0.2, 0) is 9.59 Å². The van der Waals surface area contributed by atoms with Crippen molar-refractivity contribution >= 4 is 29.7 Å². The zero-order chi connectivity index (χ0) is 18.4. The number of nitrogens with zero attached hydrogens (tertiary/aromatic N) is 1. The molecule has 1 aliphatic rings. The van der Waals surface area contributed by atoms with E-state index in [1.165, 1.54) is 0 Å². The fourth-order valence-electron chi connectivity index (χ4n) is 2.84. The maximum absolute atomic E-state index is 12.7. The van der Waals surface area contributed by atoms with E-state index in [1.54, 1.807) is 28.8 Å². The fraction of sp³-hybridized carbons (Fsp3) is 0.238. The van der Waals surface area contributed by atoms with Crippen molar-refractivity contribution in [3.05, 3.63) is 77.9 Å². The number of carbonyl (C=O) groups is 2. The molecular weight excluding hydrogens is 344 g/mol. The minimum atomic E-state index is -0.431. The molecule has 0 saturated carbocycles. The number of rotatable bonds is 5. The molecule has 26 heavy (non-hydrogen) atoms. The average Bonchev–Trinajstić information content (AvgIpc) is 3.17. The summed E-state index contributed by atoms with van der Waals surface area (Å²) < 4.78 is 0. The Bertz CT molecular complexity index is 777. The van der Waals surface area contributed by atoms with Crippen molar-refractivity contribution < 1.29 is 9.59 Å². The Hall–Kier alpha value is -2.53. The van der Waals surface area contributed by atoms with Crippen molar-refractivity contribution in [1.82, 2.24) is 10.2 Å². The molecule has 5 heteroatoms. The molecule has 2 aromatic carbocycles. The van der Waals surface area contributed by atoms with Crippen LogP contribution < -0.4 is 5.32 Å². The van der Waals surface area contributed by atoms with Crippen molar-refractivity contribution in [3.8, 4) is 0 Å². The van der Waals surface area contributed by atoms with Crippen LogP contribution in [0.25, 0.3) is 6.08 Å². The van der Waals surface area contributed by atoms with E-state index in [-0.39, 0.29) is 17.9 Å². The van der Waals surface area contributed by atoms with Crippen LogP contribution in [0.2, 0.25) is 0 Å². The van der Waals surface area contributed by atoms with Crippen LogP contribution in [0.5, 0.6) is 0 Å². The zero-order valence-corrected chi connectivity index (χ0v) is 15.5. The van der Waals surface area contributed by atoms with Crippen LogP contribution in [0.1, 0.15) is 24.1 Å². The molecule has 134 valence electrons. The first-order chi connectivity index (χ1) is 12.6. The fourth-order valence-corrected chi connectivity index (χ4v) is 4.00. The molecule has 0 radical (unpaired) electrons. The summed E-state index contributed by atoms with van der Waals surface area (Å²) in [5, 5.41) is 3.03. The minimum Gasteiger partial charge on any atom is -0.348 e. The highest BCUT2D eigenvalue weighted by atomic mass is 32.2. The van der Waals surface area contributed by atoms with E-state index in [2.05, 4.69) is 5.32 Å². The van der Waals surface area contributed by atoms with E-state index in [9.17, 15) is 9.59 Å². The second-order valence-electron chi connectivity index (χ2n) is 6.21. The molecule has 1 saturated heterocycles. The van der Waals surface area contributed by atoms with Crippen LogP contribution in [0, 0.1) is 0 Å². The van der Waals surface area contributed by atoms with Crippen molar-refractivity contribution in [3.63, 3.8) is 0 Å². The van der Waals surface area contributed by atoms with Gasteiger partial charge < -0.3 is 10.2 Å². The van der Waals surface area contributed by atoms with Crippen molar-refractivity contribution in [2.75, 3.05) is 11.6 Å². The van der Waals surface area contributed by atoms with Crippen molar-refractivity contribution in [1.29, 1.82) is 0 Å². The lowest BCUT2D eigenvalue weighted by molar-refractivity contribution is -0.135. The lowest BCUT2D eigenvalue weighted by Crippen LogP contribution is -2.47. The van der Waals surface area contributed by atoms with Crippen molar-refractivity contribution in [2.24, 2.45) is 0 Å². The highest BCUT2D eigenvalue weighted by Gasteiger charge is 2.34. The predicted molar refractivity (Wildman–Crippen MR) is 106 cm³/mol. The molecule has 0 bridgehead atoms. The normalized spacial score (nSPS) is 18.0. The van der Waals surface area contributed by atoms with Gasteiger partial charge >= 0.3 is 0 Å². The predicted octanol–water partition coefficient (Wildman–Crippen LogP) is 3.48. The highest BCUT2D eigenvalue weighted by molar-refractivity contribution is 7.99. The van der Waals surface area contributed by atoms with Gasteiger partial charge in [0.05, 0.1) is 11.9 Å². The van der Waals surface area contributed by atoms with Gasteiger partial charge in [0.2, 0.25) is 11.8 Å². The first-order valence-corrected chi connectivity index (χ1v) is 9.77. The van der Waals surface area contributed by atoms with E-state index < -0.39 is 6.04 Å². The Labute approximate surface area is 158 Å². The van der Waals surface area contributed by atoms with Gasteiger partial charge in [0.1, 0.15) is 6.04 Å². The molecule has 0 aliphatic carbocycles. The van der Waals surface area contributed by atoms with Gasteiger partial charge in [0.15, 0.2) is 0 Å². The van der Waals surface area contributed by atoms with Gasteiger partial charge in [-0.2, -0.15) is 0 Å². The summed E-state index contributed by atoms with van der Waals surface area (Å²) in [4.78, 5) is 26.8. The van der Waals surface area contributed by atoms with Crippen molar-refractivity contribution in [2.45, 2.75) is 19.0 Å². The minimum absolute atomic E-state index is 0.0916. The molecule has 0 aromatic heterocycles. The standard InChI is InChI=1S/C21H22N2O2S/c1-16(18-10-6-3-7-11-18)22-21(25)19-14-26-15-23(19)20(24)13-12-17-8-4-2-5-9-17/h2-13,16,19H,14-15H2,1H3,(H,22,25). The number of carbonyl (C=O) groups excluding carboxylic acids is 2. The topological polar surface area (TPSA) is 49.4 Å². The van der Waals surface area contributed by atoms with Gasteiger partial charge in [-0.05, 0) is 24.1 Å². The Morgan fingerprint density at radius 2 is 1.77 bits per heavy atom. The second-order valence-corrected chi connectivity index (χ2v) is 7.21. The largest absolute Gasteiger partial charge is 0.348 e. The quantitative estimate of drug-likeness (QED) is 0.824. The third-order valence-corrected chi connectivity index (χ3v) is 5.36. The number of amides is 2. The highest BCUT2D eigenvalue weighted by Crippen LogP contribution is 2.23. The van der Waals surface area contributed by atoms with Crippen LogP contribution in [0.4, 0.5) is 0 Å². The van der Waals surface area contributed by atoms with Gasteiger partial charge in [0, 0.05) is 11.8 Å². The SMILES string of the molecule is CC(NC(=O)C1CSCN1C(=O)C=Cc1ccccc1)c1ccccc1. The van der Waals surface area contributed by atoms with E-state index in [4.69, 9.17) is 0 Å². The Balaban J connectivity index is 1.63. The second kappa shape index (κ2) is 8.72. The molecule has 4 nitrogen and oxygen atoms in total. The van der Waals surface area contributed by atoms with E-state index in [1.807, 2.05) is 67.6 Å². The molecule has 2 atom stereocenters. The summed E-state index contributed by atoms with van der Waals surface area (Å²) in [5.41, 5.74) is 2.01. The molecule has 3 rings (SSSR count). The van der Waals surface area contributed by atoms with Gasteiger partial charge in [-0.1, -0.05) is 60.7 Å². The summed E-state index contributed by atoms with van der Waals surface area (Å²) in [6, 6.07) is 19.0. The zero-order valence-electron chi connectivity index (χ0n) is 14.7. The summed E-state index contributed by atoms with van der Waals surface area (Å²) in [7, 11) is 0. The van der Waals surface area contributed by atoms with Crippen LogP contribution in [0.3, 0.4) is 0 Å². The lowest BCUT2D eigenvalue weighted by Gasteiger charge is -2.24. The van der Waals surface area contributed by atoms with Gasteiger partial charge in [-0.25, -0.2) is 0 Å². The smallest absolute Gasteiger partial charge is 0.247 e. The number of benzene rings is 2. The maximum Gasteiger partial charge on any atom is 0.247 e. The molecule has 0 spiro atoms. The molecule has 1 fully saturated rings. The van der Waals surface area contributed by atoms with Crippen LogP contribution in [0.15, 0.2) is 66.7 Å². The first-order valence-electron chi connectivity index (χ1n) is 8.62. The summed E-state index contributed by atoms with van der Waals surface area (Å²) in [5.74, 6) is 0.924. The first kappa shape index (κ1) is 18.3. The van der Waals surface area contributed by atoms with Crippen LogP contribution in [-0.4, -0.2) is 34.4 Å². The summed E-state index contributed by atoms with van der Waals surface area (Å²) in [6.45, 7) is 1.96. The number of thioether (sulfide) groups is 1. The van der Waals surface area contributed by atoms with E-state index in [0.29, 0.717) is 11.6 Å². The molecule has 2 aromatic rings. The summed E-state index contributed by atoms with van der Waals surface area (Å²) in [6.07, 6.45) is 3.33. The molecule has 2 unspecified atom stereocenters. The van der Waals surface area contributed by atoms with Gasteiger partial charge in [0.25, 0.3) is 0 Å². The molecular formula is C21H22N2O2S. The Morgan fingerprint density at radius 1 is 1.12 bits per heavy atom. The maximum atomic E-state index is 12.7.